The Kier molecular flexibility index (Phi) is 3.32. The summed E-state index contributed by atoms with van der Waals surface area (Å²) in [4.78, 5) is 19.5. The summed E-state index contributed by atoms with van der Waals surface area (Å²) in [6, 6.07) is 0. The molecule has 1 aromatic rings. The SMILES string of the molecule is O=C(NC[C@H]1CCCO1)[C@@H]1CCc2nc[nH]c2C1. The Morgan fingerprint density at radius 3 is 3.33 bits per heavy atom. The predicted octanol–water partition coefficient (Wildman–Crippen LogP) is 0.810. The van der Waals surface area contributed by atoms with Gasteiger partial charge >= 0.3 is 0 Å². The Morgan fingerprint density at radius 1 is 1.56 bits per heavy atom. The number of amides is 1. The molecule has 0 radical (unpaired) electrons. The molecule has 1 aliphatic heterocycles. The molecule has 1 saturated heterocycles. The summed E-state index contributed by atoms with van der Waals surface area (Å²) in [6.45, 7) is 1.49. The summed E-state index contributed by atoms with van der Waals surface area (Å²) in [5.74, 6) is 0.241. The predicted molar refractivity (Wildman–Crippen MR) is 66.1 cm³/mol. The maximum Gasteiger partial charge on any atom is 0.223 e. The first-order valence-electron chi connectivity index (χ1n) is 6.73. The van der Waals surface area contributed by atoms with Gasteiger partial charge in [-0.1, -0.05) is 0 Å². The molecular formula is C13H19N3O2. The monoisotopic (exact) mass is 249 g/mol. The quantitative estimate of drug-likeness (QED) is 0.833. The molecule has 0 saturated carbocycles. The second-order valence-corrected chi connectivity index (χ2v) is 5.15. The normalized spacial score (nSPS) is 26.9. The zero-order valence-electron chi connectivity index (χ0n) is 10.4. The van der Waals surface area contributed by atoms with Crippen LogP contribution in [0.2, 0.25) is 0 Å². The largest absolute Gasteiger partial charge is 0.376 e. The van der Waals surface area contributed by atoms with Crippen molar-refractivity contribution in [1.29, 1.82) is 0 Å². The van der Waals surface area contributed by atoms with E-state index < -0.39 is 0 Å². The van der Waals surface area contributed by atoms with Gasteiger partial charge in [-0.15, -0.1) is 0 Å². The number of rotatable bonds is 3. The summed E-state index contributed by atoms with van der Waals surface area (Å²) >= 11 is 0. The van der Waals surface area contributed by atoms with E-state index in [9.17, 15) is 4.79 Å². The molecule has 1 amide bonds. The zero-order valence-corrected chi connectivity index (χ0v) is 10.4. The second kappa shape index (κ2) is 5.10. The van der Waals surface area contributed by atoms with Gasteiger partial charge in [0.15, 0.2) is 0 Å². The van der Waals surface area contributed by atoms with Crippen molar-refractivity contribution >= 4 is 5.91 Å². The summed E-state index contributed by atoms with van der Waals surface area (Å²) in [5, 5.41) is 3.02. The van der Waals surface area contributed by atoms with Crippen molar-refractivity contribution in [3.63, 3.8) is 0 Å². The minimum atomic E-state index is 0.0827. The third-order valence-corrected chi connectivity index (χ3v) is 3.89. The smallest absolute Gasteiger partial charge is 0.223 e. The van der Waals surface area contributed by atoms with Crippen LogP contribution in [0.25, 0.3) is 0 Å². The van der Waals surface area contributed by atoms with E-state index >= 15 is 0 Å². The zero-order chi connectivity index (χ0) is 12.4. The van der Waals surface area contributed by atoms with E-state index in [1.807, 2.05) is 0 Å². The van der Waals surface area contributed by atoms with E-state index in [4.69, 9.17) is 4.74 Å². The third kappa shape index (κ3) is 2.41. The molecule has 2 aliphatic rings. The molecule has 1 aromatic heterocycles. The van der Waals surface area contributed by atoms with E-state index in [0.717, 1.165) is 50.1 Å². The number of fused-ring (bicyclic) bond motifs is 1. The first-order chi connectivity index (χ1) is 8.83. The van der Waals surface area contributed by atoms with Crippen molar-refractivity contribution in [2.45, 2.75) is 38.2 Å². The molecule has 98 valence electrons. The molecule has 0 aromatic carbocycles. The van der Waals surface area contributed by atoms with Gasteiger partial charge in [0.2, 0.25) is 5.91 Å². The lowest BCUT2D eigenvalue weighted by Gasteiger charge is -2.21. The van der Waals surface area contributed by atoms with Crippen LogP contribution in [0.1, 0.15) is 30.7 Å². The maximum atomic E-state index is 12.1. The van der Waals surface area contributed by atoms with Crippen LogP contribution in [0.4, 0.5) is 0 Å². The molecule has 2 N–H and O–H groups in total. The Hall–Kier alpha value is -1.36. The molecule has 2 atom stereocenters. The van der Waals surface area contributed by atoms with Gasteiger partial charge in [0.1, 0.15) is 0 Å². The number of aryl methyl sites for hydroxylation is 1. The molecule has 1 fully saturated rings. The Balaban J connectivity index is 1.51. The van der Waals surface area contributed by atoms with Crippen LogP contribution in [-0.2, 0) is 22.4 Å². The average molecular weight is 249 g/mol. The fourth-order valence-corrected chi connectivity index (χ4v) is 2.79. The van der Waals surface area contributed by atoms with Crippen LogP contribution in [0.5, 0.6) is 0 Å². The van der Waals surface area contributed by atoms with E-state index in [-0.39, 0.29) is 17.9 Å². The van der Waals surface area contributed by atoms with Gasteiger partial charge < -0.3 is 15.0 Å². The molecule has 0 unspecified atom stereocenters. The van der Waals surface area contributed by atoms with E-state index in [1.54, 1.807) is 6.33 Å². The lowest BCUT2D eigenvalue weighted by Crippen LogP contribution is -2.38. The number of carbonyl (C=O) groups excluding carboxylic acids is 1. The number of aromatic amines is 1. The Labute approximate surface area is 106 Å². The topological polar surface area (TPSA) is 67.0 Å². The molecule has 0 bridgehead atoms. The van der Waals surface area contributed by atoms with Crippen molar-refractivity contribution in [2.24, 2.45) is 5.92 Å². The van der Waals surface area contributed by atoms with E-state index in [0.29, 0.717) is 6.54 Å². The van der Waals surface area contributed by atoms with Gasteiger partial charge in [0.25, 0.3) is 0 Å². The number of H-pyrrole nitrogens is 1. The van der Waals surface area contributed by atoms with Gasteiger partial charge in [0.05, 0.1) is 18.1 Å². The number of hydrogen-bond acceptors (Lipinski definition) is 3. The Morgan fingerprint density at radius 2 is 2.50 bits per heavy atom. The molecule has 0 spiro atoms. The molecule has 2 heterocycles. The average Bonchev–Trinajstić information content (AvgIpc) is 3.05. The summed E-state index contributed by atoms with van der Waals surface area (Å²) < 4.78 is 5.50. The molecule has 1 aliphatic carbocycles. The standard InChI is InChI=1S/C13H19N3O2/c17-13(14-7-10-2-1-5-18-10)9-3-4-11-12(6-9)16-8-15-11/h8-10H,1-7H2,(H,14,17)(H,15,16)/t9-,10-/m1/s1. The number of aromatic nitrogens is 2. The van der Waals surface area contributed by atoms with Gasteiger partial charge in [-0.25, -0.2) is 4.98 Å². The molecule has 5 heteroatoms. The van der Waals surface area contributed by atoms with Crippen LogP contribution in [0, 0.1) is 5.92 Å². The number of nitrogens with one attached hydrogen (secondary N) is 2. The van der Waals surface area contributed by atoms with Crippen LogP contribution >= 0.6 is 0 Å². The van der Waals surface area contributed by atoms with E-state index in [1.165, 1.54) is 0 Å². The van der Waals surface area contributed by atoms with Gasteiger partial charge in [-0.3, -0.25) is 4.79 Å². The molecule has 3 rings (SSSR count). The highest BCUT2D eigenvalue weighted by Crippen LogP contribution is 2.23. The summed E-state index contributed by atoms with van der Waals surface area (Å²) in [5.41, 5.74) is 2.25. The highest BCUT2D eigenvalue weighted by molar-refractivity contribution is 5.79. The van der Waals surface area contributed by atoms with Gasteiger partial charge in [-0.2, -0.15) is 0 Å². The number of imidazole rings is 1. The minimum Gasteiger partial charge on any atom is -0.376 e. The van der Waals surface area contributed by atoms with Crippen LogP contribution in [0.15, 0.2) is 6.33 Å². The molecule has 5 nitrogen and oxygen atoms in total. The van der Waals surface area contributed by atoms with Crippen molar-refractivity contribution in [1.82, 2.24) is 15.3 Å². The number of hydrogen-bond donors (Lipinski definition) is 2. The fraction of sp³-hybridized carbons (Fsp3) is 0.692. The van der Waals surface area contributed by atoms with Gasteiger partial charge in [0, 0.05) is 31.2 Å². The number of nitrogens with zero attached hydrogens (tertiary/aromatic N) is 1. The van der Waals surface area contributed by atoms with Crippen molar-refractivity contribution < 1.29 is 9.53 Å². The van der Waals surface area contributed by atoms with Gasteiger partial charge in [-0.05, 0) is 25.7 Å². The first kappa shape index (κ1) is 11.7. The van der Waals surface area contributed by atoms with Crippen molar-refractivity contribution in [2.75, 3.05) is 13.2 Å². The highest BCUT2D eigenvalue weighted by atomic mass is 16.5. The van der Waals surface area contributed by atoms with E-state index in [2.05, 4.69) is 15.3 Å². The Bertz CT molecular complexity index is 424. The molecular weight excluding hydrogens is 230 g/mol. The third-order valence-electron chi connectivity index (χ3n) is 3.89. The molecule has 18 heavy (non-hydrogen) atoms. The van der Waals surface area contributed by atoms with Crippen LogP contribution in [-0.4, -0.2) is 35.1 Å². The summed E-state index contributed by atoms with van der Waals surface area (Å²) in [6.07, 6.45) is 6.70. The number of carbonyl (C=O) groups is 1. The summed E-state index contributed by atoms with van der Waals surface area (Å²) in [7, 11) is 0. The van der Waals surface area contributed by atoms with Crippen LogP contribution in [0.3, 0.4) is 0 Å². The first-order valence-corrected chi connectivity index (χ1v) is 6.73. The second-order valence-electron chi connectivity index (χ2n) is 5.15. The van der Waals surface area contributed by atoms with Crippen molar-refractivity contribution in [3.05, 3.63) is 17.7 Å². The maximum absolute atomic E-state index is 12.1. The lowest BCUT2D eigenvalue weighted by atomic mass is 9.89. The highest BCUT2D eigenvalue weighted by Gasteiger charge is 2.26. The van der Waals surface area contributed by atoms with Crippen LogP contribution < -0.4 is 5.32 Å². The lowest BCUT2D eigenvalue weighted by molar-refractivity contribution is -0.125. The minimum absolute atomic E-state index is 0.0827. The number of ether oxygens (including phenoxy) is 1. The van der Waals surface area contributed by atoms with Crippen molar-refractivity contribution in [3.8, 4) is 0 Å². The fourth-order valence-electron chi connectivity index (χ4n) is 2.79.